The highest BCUT2D eigenvalue weighted by Crippen LogP contribution is 2.40. The first-order chi connectivity index (χ1) is 9.81. The smallest absolute Gasteiger partial charge is 0.126 e. The van der Waals surface area contributed by atoms with Crippen molar-refractivity contribution >= 4 is 0 Å². The molecule has 0 bridgehead atoms. The van der Waals surface area contributed by atoms with Gasteiger partial charge < -0.3 is 14.2 Å². The Bertz CT molecular complexity index is 545. The van der Waals surface area contributed by atoms with Crippen LogP contribution in [-0.2, 0) is 4.74 Å². The average molecular weight is 272 g/mol. The van der Waals surface area contributed by atoms with Crippen LogP contribution in [0.4, 0.5) is 0 Å². The van der Waals surface area contributed by atoms with Gasteiger partial charge >= 0.3 is 0 Å². The first-order valence-corrected chi connectivity index (χ1v) is 7.06. The predicted molar refractivity (Wildman–Crippen MR) is 78.2 cm³/mol. The van der Waals surface area contributed by atoms with Crippen LogP contribution >= 0.6 is 0 Å². The molecule has 20 heavy (non-hydrogen) atoms. The van der Waals surface area contributed by atoms with Crippen molar-refractivity contribution in [3.63, 3.8) is 0 Å². The molecule has 0 saturated heterocycles. The summed E-state index contributed by atoms with van der Waals surface area (Å²) in [5, 5.41) is 0. The Kier molecular flexibility index (Phi) is 3.79. The minimum Gasteiger partial charge on any atom is -0.497 e. The molecule has 0 N–H and O–H groups in total. The van der Waals surface area contributed by atoms with E-state index in [1.807, 2.05) is 18.2 Å². The topological polar surface area (TPSA) is 27.7 Å². The van der Waals surface area contributed by atoms with Crippen LogP contribution in [0.2, 0.25) is 0 Å². The van der Waals surface area contributed by atoms with Gasteiger partial charge in [0, 0.05) is 19.1 Å². The third-order valence-electron chi connectivity index (χ3n) is 3.94. The van der Waals surface area contributed by atoms with E-state index < -0.39 is 0 Å². The lowest BCUT2D eigenvalue weighted by Gasteiger charge is -2.33. The molecule has 2 aliphatic rings. The van der Waals surface area contributed by atoms with E-state index in [2.05, 4.69) is 18.2 Å². The molecule has 1 heterocycles. The number of rotatable bonds is 3. The number of ether oxygens (including phenoxy) is 3. The first-order valence-electron chi connectivity index (χ1n) is 7.06. The number of fused-ring (bicyclic) bond motifs is 1. The molecule has 1 aliphatic heterocycles. The Balaban J connectivity index is 1.90. The normalized spacial score (nSPS) is 24.6. The minimum atomic E-state index is 0.0510. The molecule has 2 unspecified atom stereocenters. The number of methoxy groups -OCH3 is 2. The molecule has 106 valence electrons. The first kappa shape index (κ1) is 13.3. The van der Waals surface area contributed by atoms with Gasteiger partial charge in [-0.2, -0.15) is 0 Å². The van der Waals surface area contributed by atoms with Gasteiger partial charge in [-0.1, -0.05) is 18.2 Å². The Morgan fingerprint density at radius 3 is 2.80 bits per heavy atom. The van der Waals surface area contributed by atoms with Gasteiger partial charge in [0.1, 0.15) is 17.6 Å². The summed E-state index contributed by atoms with van der Waals surface area (Å²) in [4.78, 5) is 0. The lowest BCUT2D eigenvalue weighted by Crippen LogP contribution is -2.28. The van der Waals surface area contributed by atoms with Crippen LogP contribution in [0.25, 0.3) is 0 Å². The van der Waals surface area contributed by atoms with E-state index in [-0.39, 0.29) is 12.2 Å². The molecule has 1 aromatic carbocycles. The van der Waals surface area contributed by atoms with E-state index in [1.54, 1.807) is 14.2 Å². The molecule has 0 fully saturated rings. The van der Waals surface area contributed by atoms with Crippen LogP contribution in [0.1, 0.15) is 30.9 Å². The zero-order valence-corrected chi connectivity index (χ0v) is 12.0. The standard InChI is InChI=1S/C17H20O3/c1-18-13-8-9-15-14(10-13)17(19-2)11-16(20-15)12-6-4-3-5-7-12/h4,6-10,16-17H,3,5,11H2,1-2H3. The molecule has 0 spiro atoms. The van der Waals surface area contributed by atoms with Gasteiger partial charge in [-0.15, -0.1) is 0 Å². The fourth-order valence-electron chi connectivity index (χ4n) is 2.84. The quantitative estimate of drug-likeness (QED) is 0.837. The van der Waals surface area contributed by atoms with E-state index in [0.29, 0.717) is 0 Å². The van der Waals surface area contributed by atoms with Crippen molar-refractivity contribution in [1.29, 1.82) is 0 Å². The van der Waals surface area contributed by atoms with Gasteiger partial charge in [-0.05, 0) is 36.6 Å². The largest absolute Gasteiger partial charge is 0.497 e. The van der Waals surface area contributed by atoms with Crippen LogP contribution in [-0.4, -0.2) is 20.3 Å². The highest BCUT2D eigenvalue weighted by atomic mass is 16.5. The fraction of sp³-hybridized carbons (Fsp3) is 0.412. The van der Waals surface area contributed by atoms with Gasteiger partial charge in [0.2, 0.25) is 0 Å². The number of hydrogen-bond acceptors (Lipinski definition) is 3. The highest BCUT2D eigenvalue weighted by molar-refractivity contribution is 5.44. The average Bonchev–Trinajstić information content (AvgIpc) is 2.54. The van der Waals surface area contributed by atoms with E-state index in [0.717, 1.165) is 36.3 Å². The van der Waals surface area contributed by atoms with Gasteiger partial charge in [0.15, 0.2) is 0 Å². The second-order valence-electron chi connectivity index (χ2n) is 5.15. The van der Waals surface area contributed by atoms with Crippen LogP contribution in [0.5, 0.6) is 11.5 Å². The number of allylic oxidation sites excluding steroid dienone is 2. The maximum atomic E-state index is 6.15. The van der Waals surface area contributed by atoms with Gasteiger partial charge in [-0.3, -0.25) is 0 Å². The SMILES string of the molecule is COc1ccc2c(c1)C(OC)CC(C1=CCCC=C1)O2. The summed E-state index contributed by atoms with van der Waals surface area (Å²) in [6, 6.07) is 5.91. The highest BCUT2D eigenvalue weighted by Gasteiger charge is 2.30. The second kappa shape index (κ2) is 5.71. The lowest BCUT2D eigenvalue weighted by molar-refractivity contribution is 0.0424. The summed E-state index contributed by atoms with van der Waals surface area (Å²) in [7, 11) is 3.43. The Morgan fingerprint density at radius 1 is 1.20 bits per heavy atom. The molecule has 1 aromatic rings. The summed E-state index contributed by atoms with van der Waals surface area (Å²) in [6.07, 6.45) is 9.85. The molecule has 3 rings (SSSR count). The van der Waals surface area contributed by atoms with Crippen LogP contribution in [0.15, 0.2) is 42.0 Å². The van der Waals surface area contributed by atoms with Crippen molar-refractivity contribution < 1.29 is 14.2 Å². The molecule has 3 heteroatoms. The molecular formula is C17H20O3. The van der Waals surface area contributed by atoms with Crippen molar-refractivity contribution in [2.75, 3.05) is 14.2 Å². The fourth-order valence-corrected chi connectivity index (χ4v) is 2.84. The zero-order chi connectivity index (χ0) is 13.9. The van der Waals surface area contributed by atoms with Crippen LogP contribution < -0.4 is 9.47 Å². The van der Waals surface area contributed by atoms with Crippen LogP contribution in [0.3, 0.4) is 0 Å². The third-order valence-corrected chi connectivity index (χ3v) is 3.94. The van der Waals surface area contributed by atoms with Crippen molar-refractivity contribution in [2.45, 2.75) is 31.5 Å². The van der Waals surface area contributed by atoms with Crippen molar-refractivity contribution in [2.24, 2.45) is 0 Å². The predicted octanol–water partition coefficient (Wildman–Crippen LogP) is 3.81. The number of hydrogen-bond donors (Lipinski definition) is 0. The molecule has 0 radical (unpaired) electrons. The van der Waals surface area contributed by atoms with Crippen molar-refractivity contribution in [1.82, 2.24) is 0 Å². The number of benzene rings is 1. The third kappa shape index (κ3) is 2.46. The van der Waals surface area contributed by atoms with E-state index in [9.17, 15) is 0 Å². The van der Waals surface area contributed by atoms with Crippen LogP contribution in [0, 0.1) is 0 Å². The molecule has 0 amide bonds. The van der Waals surface area contributed by atoms with E-state index in [4.69, 9.17) is 14.2 Å². The second-order valence-corrected chi connectivity index (χ2v) is 5.15. The summed E-state index contributed by atoms with van der Waals surface area (Å²) < 4.78 is 17.1. The molecule has 0 saturated carbocycles. The van der Waals surface area contributed by atoms with E-state index >= 15 is 0 Å². The van der Waals surface area contributed by atoms with Gasteiger partial charge in [-0.25, -0.2) is 0 Å². The van der Waals surface area contributed by atoms with Crippen molar-refractivity contribution in [3.8, 4) is 11.5 Å². The molecular weight excluding hydrogens is 252 g/mol. The van der Waals surface area contributed by atoms with Crippen molar-refractivity contribution in [3.05, 3.63) is 47.6 Å². The summed E-state index contributed by atoms with van der Waals surface area (Å²) in [5.41, 5.74) is 2.34. The van der Waals surface area contributed by atoms with Gasteiger partial charge in [0.25, 0.3) is 0 Å². The maximum Gasteiger partial charge on any atom is 0.126 e. The maximum absolute atomic E-state index is 6.15. The molecule has 3 nitrogen and oxygen atoms in total. The Hall–Kier alpha value is -1.74. The Morgan fingerprint density at radius 2 is 2.10 bits per heavy atom. The molecule has 1 aliphatic carbocycles. The lowest BCUT2D eigenvalue weighted by atomic mass is 9.92. The molecule has 2 atom stereocenters. The zero-order valence-electron chi connectivity index (χ0n) is 12.0. The van der Waals surface area contributed by atoms with E-state index in [1.165, 1.54) is 5.57 Å². The summed E-state index contributed by atoms with van der Waals surface area (Å²) >= 11 is 0. The summed E-state index contributed by atoms with van der Waals surface area (Å²) in [6.45, 7) is 0. The minimum absolute atomic E-state index is 0.0510. The Labute approximate surface area is 119 Å². The van der Waals surface area contributed by atoms with Gasteiger partial charge in [0.05, 0.1) is 13.2 Å². The summed E-state index contributed by atoms with van der Waals surface area (Å²) in [5.74, 6) is 1.73. The molecule has 0 aromatic heterocycles. The monoisotopic (exact) mass is 272 g/mol.